The molecular weight excluding hydrogens is 354 g/mol. The maximum Gasteiger partial charge on any atom is 0.206 e. The smallest absolute Gasteiger partial charge is 0.206 e. The van der Waals surface area contributed by atoms with Crippen molar-refractivity contribution in [1.29, 1.82) is 0 Å². The molecule has 1 saturated heterocycles. The summed E-state index contributed by atoms with van der Waals surface area (Å²) in [6, 6.07) is 15.2. The number of hydrogen-bond acceptors (Lipinski definition) is 6. The summed E-state index contributed by atoms with van der Waals surface area (Å²) in [5.41, 5.74) is 3.58. The van der Waals surface area contributed by atoms with Crippen LogP contribution in [0.15, 0.2) is 48.7 Å². The van der Waals surface area contributed by atoms with E-state index >= 15 is 0 Å². The molecule has 6 heteroatoms. The Morgan fingerprint density at radius 3 is 2.74 bits per heavy atom. The molecule has 0 aliphatic carbocycles. The molecule has 5 nitrogen and oxygen atoms in total. The van der Waals surface area contributed by atoms with Gasteiger partial charge in [0.15, 0.2) is 5.01 Å². The molecule has 140 valence electrons. The number of anilines is 1. The number of likely N-dealkylation sites (tertiary alicyclic amines) is 1. The van der Waals surface area contributed by atoms with E-state index in [-0.39, 0.29) is 0 Å². The summed E-state index contributed by atoms with van der Waals surface area (Å²) in [4.78, 5) is 6.95. The van der Waals surface area contributed by atoms with E-state index in [2.05, 4.69) is 56.6 Å². The predicted octanol–water partition coefficient (Wildman–Crippen LogP) is 4.59. The summed E-state index contributed by atoms with van der Waals surface area (Å²) in [5, 5.41) is 13.6. The zero-order valence-corrected chi connectivity index (χ0v) is 16.5. The average molecular weight is 380 g/mol. The third-order valence-electron chi connectivity index (χ3n) is 5.17. The predicted molar refractivity (Wildman–Crippen MR) is 111 cm³/mol. The first kappa shape index (κ1) is 18.1. The second-order valence-corrected chi connectivity index (χ2v) is 8.04. The largest absolute Gasteiger partial charge is 0.356 e. The lowest BCUT2D eigenvalue weighted by atomic mass is 10.0. The van der Waals surface area contributed by atoms with Crippen LogP contribution in [0.5, 0.6) is 0 Å². The fraction of sp³-hybridized carbons (Fsp3) is 0.381. The first-order valence-corrected chi connectivity index (χ1v) is 10.4. The van der Waals surface area contributed by atoms with E-state index in [1.54, 1.807) is 17.5 Å². The van der Waals surface area contributed by atoms with Gasteiger partial charge < -0.3 is 5.32 Å². The van der Waals surface area contributed by atoms with Gasteiger partial charge in [0.2, 0.25) is 5.13 Å². The van der Waals surface area contributed by atoms with Crippen LogP contribution in [0.3, 0.4) is 0 Å². The highest BCUT2D eigenvalue weighted by atomic mass is 32.1. The zero-order chi connectivity index (χ0) is 18.5. The monoisotopic (exact) mass is 379 g/mol. The molecule has 0 radical (unpaired) electrons. The highest BCUT2D eigenvalue weighted by Crippen LogP contribution is 2.25. The van der Waals surface area contributed by atoms with E-state index in [0.717, 1.165) is 28.9 Å². The number of pyridine rings is 1. The average Bonchev–Trinajstić information content (AvgIpc) is 3.19. The van der Waals surface area contributed by atoms with E-state index in [1.165, 1.54) is 36.9 Å². The third kappa shape index (κ3) is 4.51. The van der Waals surface area contributed by atoms with Gasteiger partial charge in [0.05, 0.1) is 0 Å². The molecule has 1 fully saturated rings. The summed E-state index contributed by atoms with van der Waals surface area (Å²) >= 11 is 1.54. The van der Waals surface area contributed by atoms with Crippen molar-refractivity contribution in [3.05, 3.63) is 59.8 Å². The van der Waals surface area contributed by atoms with E-state index in [1.807, 2.05) is 18.2 Å². The third-order valence-corrected chi connectivity index (χ3v) is 6.07. The molecule has 0 amide bonds. The first-order chi connectivity index (χ1) is 13.3. The Morgan fingerprint density at radius 2 is 1.93 bits per heavy atom. The molecular formula is C21H25N5S. The highest BCUT2D eigenvalue weighted by Gasteiger charge is 2.19. The second kappa shape index (κ2) is 8.59. The molecule has 1 N–H and O–H groups in total. The van der Waals surface area contributed by atoms with Crippen LogP contribution in [-0.4, -0.2) is 32.7 Å². The first-order valence-electron chi connectivity index (χ1n) is 9.59. The van der Waals surface area contributed by atoms with E-state index in [4.69, 9.17) is 0 Å². The minimum absolute atomic E-state index is 0.670. The molecule has 3 heterocycles. The van der Waals surface area contributed by atoms with Gasteiger partial charge in [-0.2, -0.15) is 0 Å². The van der Waals surface area contributed by atoms with Gasteiger partial charge in [0.25, 0.3) is 0 Å². The van der Waals surface area contributed by atoms with E-state index in [9.17, 15) is 0 Å². The maximum absolute atomic E-state index is 4.34. The Kier molecular flexibility index (Phi) is 5.75. The van der Waals surface area contributed by atoms with Crippen molar-refractivity contribution in [2.75, 3.05) is 11.9 Å². The Morgan fingerprint density at radius 1 is 1.07 bits per heavy atom. The van der Waals surface area contributed by atoms with Gasteiger partial charge in [-0.3, -0.25) is 9.88 Å². The quantitative estimate of drug-likeness (QED) is 0.679. The van der Waals surface area contributed by atoms with Gasteiger partial charge in [-0.25, -0.2) is 0 Å². The lowest BCUT2D eigenvalue weighted by Gasteiger charge is -2.33. The van der Waals surface area contributed by atoms with Crippen molar-refractivity contribution in [2.45, 2.75) is 45.3 Å². The van der Waals surface area contributed by atoms with Crippen LogP contribution in [0.2, 0.25) is 0 Å². The van der Waals surface area contributed by atoms with Gasteiger partial charge in [0, 0.05) is 25.3 Å². The summed E-state index contributed by atoms with van der Waals surface area (Å²) in [5.74, 6) is 0. The van der Waals surface area contributed by atoms with Crippen LogP contribution in [0, 0.1) is 0 Å². The molecule has 1 unspecified atom stereocenters. The lowest BCUT2D eigenvalue weighted by molar-refractivity contribution is 0.152. The molecule has 1 aliphatic rings. The maximum atomic E-state index is 4.34. The number of rotatable bonds is 6. The molecule has 1 atom stereocenters. The van der Waals surface area contributed by atoms with Crippen LogP contribution in [0.4, 0.5) is 5.13 Å². The molecule has 4 rings (SSSR count). The lowest BCUT2D eigenvalue weighted by Crippen LogP contribution is -2.37. The number of hydrogen-bond donors (Lipinski definition) is 1. The van der Waals surface area contributed by atoms with Crippen molar-refractivity contribution in [1.82, 2.24) is 20.1 Å². The van der Waals surface area contributed by atoms with Gasteiger partial charge in [0.1, 0.15) is 5.69 Å². The van der Waals surface area contributed by atoms with E-state index < -0.39 is 0 Å². The Balaban J connectivity index is 1.42. The standard InChI is InChI=1S/C21H25N5S/c1-16-8-5-7-13-26(16)15-18-10-3-2-9-17(18)14-23-21-25-24-20(27-21)19-11-4-6-12-22-19/h2-4,6,9-12,16H,5,7-8,13-15H2,1H3,(H,23,25). The fourth-order valence-electron chi connectivity index (χ4n) is 3.55. The van der Waals surface area contributed by atoms with Crippen molar-refractivity contribution >= 4 is 16.5 Å². The van der Waals surface area contributed by atoms with Crippen LogP contribution < -0.4 is 5.32 Å². The molecule has 0 spiro atoms. The number of nitrogens with zero attached hydrogens (tertiary/aromatic N) is 4. The van der Waals surface area contributed by atoms with Crippen LogP contribution >= 0.6 is 11.3 Å². The normalized spacial score (nSPS) is 17.7. The second-order valence-electron chi connectivity index (χ2n) is 7.06. The zero-order valence-electron chi connectivity index (χ0n) is 15.6. The molecule has 1 aromatic carbocycles. The summed E-state index contributed by atoms with van der Waals surface area (Å²) in [7, 11) is 0. The minimum Gasteiger partial charge on any atom is -0.356 e. The summed E-state index contributed by atoms with van der Waals surface area (Å²) in [6.07, 6.45) is 5.76. The molecule has 2 aromatic heterocycles. The van der Waals surface area contributed by atoms with Gasteiger partial charge in [-0.1, -0.05) is 48.1 Å². The molecule has 1 aliphatic heterocycles. The topological polar surface area (TPSA) is 53.9 Å². The van der Waals surface area contributed by atoms with Crippen molar-refractivity contribution < 1.29 is 0 Å². The van der Waals surface area contributed by atoms with Crippen molar-refractivity contribution in [3.63, 3.8) is 0 Å². The van der Waals surface area contributed by atoms with Crippen molar-refractivity contribution in [2.24, 2.45) is 0 Å². The van der Waals surface area contributed by atoms with Crippen LogP contribution in [0.1, 0.15) is 37.3 Å². The Bertz CT molecular complexity index is 864. The molecule has 0 saturated carbocycles. The van der Waals surface area contributed by atoms with Crippen molar-refractivity contribution in [3.8, 4) is 10.7 Å². The molecule has 27 heavy (non-hydrogen) atoms. The summed E-state index contributed by atoms with van der Waals surface area (Å²) in [6.45, 7) is 5.33. The number of piperidine rings is 1. The highest BCUT2D eigenvalue weighted by molar-refractivity contribution is 7.18. The number of nitrogens with one attached hydrogen (secondary N) is 1. The van der Waals surface area contributed by atoms with Crippen LogP contribution in [0.25, 0.3) is 10.7 Å². The van der Waals surface area contributed by atoms with Crippen LogP contribution in [-0.2, 0) is 13.1 Å². The minimum atomic E-state index is 0.670. The number of benzene rings is 1. The molecule has 0 bridgehead atoms. The van der Waals surface area contributed by atoms with Gasteiger partial charge in [-0.05, 0) is 49.6 Å². The summed E-state index contributed by atoms with van der Waals surface area (Å²) < 4.78 is 0. The SMILES string of the molecule is CC1CCCCN1Cc1ccccc1CNc1nnc(-c2ccccn2)s1. The Labute approximate surface area is 164 Å². The van der Waals surface area contributed by atoms with Gasteiger partial charge >= 0.3 is 0 Å². The Hall–Kier alpha value is -2.31. The van der Waals surface area contributed by atoms with E-state index in [0.29, 0.717) is 6.04 Å². The molecule has 3 aromatic rings. The van der Waals surface area contributed by atoms with Gasteiger partial charge in [-0.15, -0.1) is 10.2 Å². The fourth-order valence-corrected chi connectivity index (χ4v) is 4.27. The number of aromatic nitrogens is 3.